The van der Waals surface area contributed by atoms with Gasteiger partial charge in [0.2, 0.25) is 0 Å². The minimum Gasteiger partial charge on any atom is -0.458 e. The molecule has 0 aliphatic carbocycles. The van der Waals surface area contributed by atoms with Gasteiger partial charge in [-0.15, -0.1) is 0 Å². The summed E-state index contributed by atoms with van der Waals surface area (Å²) in [4.78, 5) is 11.4. The van der Waals surface area contributed by atoms with E-state index < -0.39 is 11.4 Å². The number of esters is 1. The highest BCUT2D eigenvalue weighted by Crippen LogP contribution is 2.28. The molecule has 3 nitrogen and oxygen atoms in total. The number of rotatable bonds is 6. The normalized spacial score (nSPS) is 14.1. The van der Waals surface area contributed by atoms with Crippen LogP contribution in [0.2, 0.25) is 0 Å². The molecule has 0 radical (unpaired) electrons. The van der Waals surface area contributed by atoms with Gasteiger partial charge in [0.15, 0.2) is 0 Å². The van der Waals surface area contributed by atoms with E-state index in [4.69, 9.17) is 4.74 Å². The largest absolute Gasteiger partial charge is 0.458 e. The molecule has 16 heavy (non-hydrogen) atoms. The molecule has 0 spiro atoms. The monoisotopic (exact) mass is 226 g/mol. The van der Waals surface area contributed by atoms with Crippen molar-refractivity contribution < 1.29 is 14.6 Å². The summed E-state index contributed by atoms with van der Waals surface area (Å²) in [6.07, 6.45) is 4.07. The molecule has 0 heterocycles. The molecule has 1 N–H and O–H groups in total. The van der Waals surface area contributed by atoms with Gasteiger partial charge in [0.1, 0.15) is 6.10 Å². The molecule has 0 amide bonds. The van der Waals surface area contributed by atoms with Crippen LogP contribution in [0.15, 0.2) is 24.8 Å². The fourth-order valence-electron chi connectivity index (χ4n) is 1.60. The standard InChI is InChI=1S/C13H22O3/c1-6-7-8-11(15)16-12(10(2)3)13(4,5)9-14/h6-8,10,12,14H,1,9H2,2-5H3. The highest BCUT2D eigenvalue weighted by Gasteiger charge is 2.34. The van der Waals surface area contributed by atoms with Gasteiger partial charge in [-0.1, -0.05) is 46.4 Å². The van der Waals surface area contributed by atoms with Crippen LogP contribution < -0.4 is 0 Å². The Morgan fingerprint density at radius 2 is 2.06 bits per heavy atom. The third kappa shape index (κ3) is 4.62. The van der Waals surface area contributed by atoms with E-state index in [1.54, 1.807) is 0 Å². The number of allylic oxidation sites excluding steroid dienone is 2. The Bertz CT molecular complexity index is 264. The quantitative estimate of drug-likeness (QED) is 0.429. The van der Waals surface area contributed by atoms with Crippen molar-refractivity contribution in [2.75, 3.05) is 6.61 Å². The molecule has 0 saturated carbocycles. The molecule has 0 aromatic carbocycles. The Kier molecular flexibility index (Phi) is 6.04. The maximum Gasteiger partial charge on any atom is 0.331 e. The molecule has 0 saturated heterocycles. The Labute approximate surface area is 97.8 Å². The average molecular weight is 226 g/mol. The van der Waals surface area contributed by atoms with Crippen LogP contribution in [0.4, 0.5) is 0 Å². The molecule has 0 fully saturated rings. The lowest BCUT2D eigenvalue weighted by atomic mass is 9.81. The summed E-state index contributed by atoms with van der Waals surface area (Å²) in [6, 6.07) is 0. The minimum absolute atomic E-state index is 0.0195. The summed E-state index contributed by atoms with van der Waals surface area (Å²) in [5.74, 6) is -0.247. The van der Waals surface area contributed by atoms with Gasteiger partial charge in [-0.2, -0.15) is 0 Å². The lowest BCUT2D eigenvalue weighted by molar-refractivity contribution is -0.154. The molecule has 1 atom stereocenters. The second-order valence-corrected chi connectivity index (χ2v) is 4.84. The summed E-state index contributed by atoms with van der Waals surface area (Å²) < 4.78 is 5.34. The third-order valence-corrected chi connectivity index (χ3v) is 2.39. The molecule has 0 aromatic heterocycles. The predicted octanol–water partition coefficient (Wildman–Crippen LogP) is 2.31. The predicted molar refractivity (Wildman–Crippen MR) is 64.9 cm³/mol. The van der Waals surface area contributed by atoms with Crippen LogP contribution in [0.5, 0.6) is 0 Å². The van der Waals surface area contributed by atoms with Gasteiger partial charge in [0.25, 0.3) is 0 Å². The molecular formula is C13H22O3. The van der Waals surface area contributed by atoms with E-state index in [1.807, 2.05) is 27.7 Å². The van der Waals surface area contributed by atoms with Crippen LogP contribution in [0.25, 0.3) is 0 Å². The highest BCUT2D eigenvalue weighted by atomic mass is 16.5. The van der Waals surface area contributed by atoms with Crippen molar-refractivity contribution in [1.82, 2.24) is 0 Å². The van der Waals surface area contributed by atoms with Crippen LogP contribution in [0, 0.1) is 11.3 Å². The van der Waals surface area contributed by atoms with E-state index in [2.05, 4.69) is 6.58 Å². The number of carbonyl (C=O) groups excluding carboxylic acids is 1. The maximum atomic E-state index is 11.4. The third-order valence-electron chi connectivity index (χ3n) is 2.39. The van der Waals surface area contributed by atoms with Crippen LogP contribution in [-0.4, -0.2) is 23.8 Å². The lowest BCUT2D eigenvalue weighted by Gasteiger charge is -2.34. The Morgan fingerprint density at radius 3 is 2.44 bits per heavy atom. The lowest BCUT2D eigenvalue weighted by Crippen LogP contribution is -2.40. The van der Waals surface area contributed by atoms with Gasteiger partial charge >= 0.3 is 5.97 Å². The smallest absolute Gasteiger partial charge is 0.331 e. The van der Waals surface area contributed by atoms with Crippen molar-refractivity contribution in [2.24, 2.45) is 11.3 Å². The van der Waals surface area contributed by atoms with E-state index in [1.165, 1.54) is 18.2 Å². The SMILES string of the molecule is C=CC=CC(=O)OC(C(C)C)C(C)(C)CO. The molecule has 0 aliphatic heterocycles. The molecule has 0 aromatic rings. The molecule has 92 valence electrons. The van der Waals surface area contributed by atoms with Crippen molar-refractivity contribution >= 4 is 5.97 Å². The van der Waals surface area contributed by atoms with Crippen molar-refractivity contribution in [1.29, 1.82) is 0 Å². The molecule has 1 unspecified atom stereocenters. The Morgan fingerprint density at radius 1 is 1.50 bits per heavy atom. The first kappa shape index (κ1) is 14.9. The molecule has 0 aliphatic rings. The van der Waals surface area contributed by atoms with E-state index >= 15 is 0 Å². The highest BCUT2D eigenvalue weighted by molar-refractivity contribution is 5.82. The molecule has 3 heteroatoms. The van der Waals surface area contributed by atoms with Crippen LogP contribution >= 0.6 is 0 Å². The van der Waals surface area contributed by atoms with Crippen LogP contribution in [-0.2, 0) is 9.53 Å². The zero-order valence-corrected chi connectivity index (χ0v) is 10.6. The summed E-state index contributed by atoms with van der Waals surface area (Å²) >= 11 is 0. The molecule has 0 rings (SSSR count). The molecule has 0 bridgehead atoms. The Balaban J connectivity index is 4.64. The number of aliphatic hydroxyl groups is 1. The summed E-state index contributed by atoms with van der Waals surface area (Å²) in [5.41, 5.74) is -0.439. The van der Waals surface area contributed by atoms with Gasteiger partial charge in [-0.3, -0.25) is 0 Å². The fraction of sp³-hybridized carbons (Fsp3) is 0.615. The van der Waals surface area contributed by atoms with Crippen molar-refractivity contribution in [2.45, 2.75) is 33.8 Å². The number of ether oxygens (including phenoxy) is 1. The van der Waals surface area contributed by atoms with Gasteiger partial charge < -0.3 is 9.84 Å². The number of aliphatic hydroxyl groups excluding tert-OH is 1. The number of carbonyl (C=O) groups is 1. The fourth-order valence-corrected chi connectivity index (χ4v) is 1.60. The van der Waals surface area contributed by atoms with E-state index in [9.17, 15) is 9.90 Å². The van der Waals surface area contributed by atoms with Crippen molar-refractivity contribution in [3.05, 3.63) is 24.8 Å². The summed E-state index contributed by atoms with van der Waals surface area (Å²) in [7, 11) is 0. The topological polar surface area (TPSA) is 46.5 Å². The minimum atomic E-state index is -0.439. The maximum absolute atomic E-state index is 11.4. The first-order valence-electron chi connectivity index (χ1n) is 5.45. The number of hydrogen-bond acceptors (Lipinski definition) is 3. The van der Waals surface area contributed by atoms with Gasteiger partial charge in [-0.05, 0) is 5.92 Å². The summed E-state index contributed by atoms with van der Waals surface area (Å²) in [5, 5.41) is 9.28. The molecular weight excluding hydrogens is 204 g/mol. The second kappa shape index (κ2) is 6.48. The zero-order valence-electron chi connectivity index (χ0n) is 10.6. The van der Waals surface area contributed by atoms with Gasteiger partial charge in [0.05, 0.1) is 6.61 Å². The first-order chi connectivity index (χ1) is 7.35. The van der Waals surface area contributed by atoms with Gasteiger partial charge in [-0.25, -0.2) is 4.79 Å². The first-order valence-corrected chi connectivity index (χ1v) is 5.45. The van der Waals surface area contributed by atoms with Crippen LogP contribution in [0.1, 0.15) is 27.7 Å². The van der Waals surface area contributed by atoms with E-state index in [0.29, 0.717) is 0 Å². The van der Waals surface area contributed by atoms with E-state index in [0.717, 1.165) is 0 Å². The average Bonchev–Trinajstić information content (AvgIpc) is 2.22. The van der Waals surface area contributed by atoms with E-state index in [-0.39, 0.29) is 18.6 Å². The van der Waals surface area contributed by atoms with Crippen molar-refractivity contribution in [3.63, 3.8) is 0 Å². The second-order valence-electron chi connectivity index (χ2n) is 4.84. The number of hydrogen-bond donors (Lipinski definition) is 1. The zero-order chi connectivity index (χ0) is 12.8. The van der Waals surface area contributed by atoms with Crippen LogP contribution in [0.3, 0.4) is 0 Å². The van der Waals surface area contributed by atoms with Crippen molar-refractivity contribution in [3.8, 4) is 0 Å². The summed E-state index contributed by atoms with van der Waals surface area (Å²) in [6.45, 7) is 11.1. The Hall–Kier alpha value is -1.09. The van der Waals surface area contributed by atoms with Gasteiger partial charge in [0, 0.05) is 11.5 Å².